The molecule has 0 fully saturated rings. The predicted molar refractivity (Wildman–Crippen MR) is 108 cm³/mol. The Hall–Kier alpha value is -3.20. The summed E-state index contributed by atoms with van der Waals surface area (Å²) in [5.41, 5.74) is 0.801. The third-order valence-electron chi connectivity index (χ3n) is 4.57. The van der Waals surface area contributed by atoms with Crippen molar-refractivity contribution in [3.8, 4) is 0 Å². The molecule has 2 aromatic carbocycles. The molecule has 3 rings (SSSR count). The number of para-hydroxylation sites is 1. The molecule has 0 amide bonds. The van der Waals surface area contributed by atoms with Crippen molar-refractivity contribution in [3.63, 3.8) is 0 Å². The van der Waals surface area contributed by atoms with E-state index in [-0.39, 0.29) is 17.1 Å². The number of aryl methyl sites for hydroxylation is 1. The molecule has 9 heteroatoms. The third-order valence-corrected chi connectivity index (χ3v) is 6.37. The smallest absolute Gasteiger partial charge is 0.338 e. The Morgan fingerprint density at radius 2 is 1.66 bits per heavy atom. The second-order valence-corrected chi connectivity index (χ2v) is 8.32. The van der Waals surface area contributed by atoms with Gasteiger partial charge in [-0.3, -0.25) is 4.31 Å². The normalized spacial score (nSPS) is 11.3. The van der Waals surface area contributed by atoms with Crippen molar-refractivity contribution in [2.45, 2.75) is 24.8 Å². The molecule has 152 valence electrons. The number of nitrogens with zero attached hydrogens (tertiary/aromatic N) is 4. The van der Waals surface area contributed by atoms with Gasteiger partial charge in [0.2, 0.25) is 0 Å². The van der Waals surface area contributed by atoms with Crippen molar-refractivity contribution < 1.29 is 17.9 Å². The van der Waals surface area contributed by atoms with Gasteiger partial charge in [-0.25, -0.2) is 13.2 Å². The fourth-order valence-electron chi connectivity index (χ4n) is 2.74. The van der Waals surface area contributed by atoms with Gasteiger partial charge in [0.15, 0.2) is 12.4 Å². The van der Waals surface area contributed by atoms with Crippen LogP contribution in [0.4, 0.5) is 5.69 Å². The van der Waals surface area contributed by atoms with E-state index in [1.807, 2.05) is 20.0 Å². The number of hydrogen-bond donors (Lipinski definition) is 0. The van der Waals surface area contributed by atoms with E-state index in [1.54, 1.807) is 28.8 Å². The summed E-state index contributed by atoms with van der Waals surface area (Å²) < 4.78 is 33.8. The lowest BCUT2D eigenvalue weighted by Crippen LogP contribution is -2.26. The summed E-state index contributed by atoms with van der Waals surface area (Å²) in [5.74, 6) is 0.776. The number of esters is 1. The van der Waals surface area contributed by atoms with Crippen LogP contribution in [0.3, 0.4) is 0 Å². The zero-order chi connectivity index (χ0) is 21.0. The molecule has 0 spiro atoms. The fraction of sp³-hybridized carbons (Fsp3) is 0.250. The van der Waals surface area contributed by atoms with E-state index in [2.05, 4.69) is 10.2 Å². The maximum atomic E-state index is 12.8. The molecule has 0 aliphatic rings. The molecule has 8 nitrogen and oxygen atoms in total. The summed E-state index contributed by atoms with van der Waals surface area (Å²) in [4.78, 5) is 12.4. The quantitative estimate of drug-likeness (QED) is 0.552. The number of sulfonamides is 1. The molecule has 0 radical (unpaired) electrons. The lowest BCUT2D eigenvalue weighted by molar-refractivity contribution is 0.0458. The van der Waals surface area contributed by atoms with Crippen LogP contribution in [0.1, 0.15) is 28.9 Å². The van der Waals surface area contributed by atoms with Crippen molar-refractivity contribution in [2.24, 2.45) is 7.05 Å². The fourth-order valence-corrected chi connectivity index (χ4v) is 3.94. The summed E-state index contributed by atoms with van der Waals surface area (Å²) in [6.07, 6.45) is 0.727. The number of aromatic nitrogens is 3. The first-order valence-electron chi connectivity index (χ1n) is 9.03. The first-order valence-corrected chi connectivity index (χ1v) is 10.5. The maximum Gasteiger partial charge on any atom is 0.338 e. The Balaban J connectivity index is 1.70. The van der Waals surface area contributed by atoms with Crippen molar-refractivity contribution in [2.75, 3.05) is 11.4 Å². The summed E-state index contributed by atoms with van der Waals surface area (Å²) in [7, 11) is -0.441. The summed E-state index contributed by atoms with van der Waals surface area (Å²) in [6.45, 7) is 1.95. The van der Waals surface area contributed by atoms with E-state index < -0.39 is 16.0 Å². The van der Waals surface area contributed by atoms with E-state index in [0.29, 0.717) is 11.5 Å². The van der Waals surface area contributed by atoms with Crippen LogP contribution in [0.25, 0.3) is 0 Å². The lowest BCUT2D eigenvalue weighted by atomic mass is 10.2. The molecule has 0 saturated heterocycles. The van der Waals surface area contributed by atoms with Gasteiger partial charge in [0, 0.05) is 20.5 Å². The first kappa shape index (κ1) is 20.5. The number of hydrogen-bond acceptors (Lipinski definition) is 6. The Morgan fingerprint density at radius 1 is 1.03 bits per heavy atom. The summed E-state index contributed by atoms with van der Waals surface area (Å²) in [6, 6.07) is 14.4. The van der Waals surface area contributed by atoms with Crippen LogP contribution in [0.15, 0.2) is 59.5 Å². The van der Waals surface area contributed by atoms with E-state index in [1.165, 1.54) is 35.6 Å². The second-order valence-electron chi connectivity index (χ2n) is 6.35. The number of carbonyl (C=O) groups is 1. The number of carbonyl (C=O) groups excluding carboxylic acids is 1. The zero-order valence-corrected chi connectivity index (χ0v) is 17.3. The average Bonchev–Trinajstić information content (AvgIpc) is 3.11. The van der Waals surface area contributed by atoms with Gasteiger partial charge < -0.3 is 9.30 Å². The van der Waals surface area contributed by atoms with Crippen molar-refractivity contribution >= 4 is 21.7 Å². The van der Waals surface area contributed by atoms with Crippen molar-refractivity contribution in [1.82, 2.24) is 14.8 Å². The number of anilines is 1. The van der Waals surface area contributed by atoms with Crippen LogP contribution in [0, 0.1) is 0 Å². The Labute approximate surface area is 169 Å². The standard InChI is InChI=1S/C20H22N4O4S/c1-4-18-21-22-19(23(18)2)14-28-20(25)15-10-12-17(13-11-15)29(26,27)24(3)16-8-6-5-7-9-16/h5-13H,4,14H2,1-3H3. The molecule has 0 unspecified atom stereocenters. The Morgan fingerprint density at radius 3 is 2.24 bits per heavy atom. The highest BCUT2D eigenvalue weighted by atomic mass is 32.2. The van der Waals surface area contributed by atoms with Crippen LogP contribution < -0.4 is 4.31 Å². The Bertz CT molecular complexity index is 1090. The highest BCUT2D eigenvalue weighted by Gasteiger charge is 2.22. The summed E-state index contributed by atoms with van der Waals surface area (Å²) >= 11 is 0. The number of benzene rings is 2. The van der Waals surface area contributed by atoms with Gasteiger partial charge >= 0.3 is 5.97 Å². The van der Waals surface area contributed by atoms with Crippen LogP contribution in [-0.4, -0.2) is 36.2 Å². The minimum absolute atomic E-state index is 0.0148. The highest BCUT2D eigenvalue weighted by molar-refractivity contribution is 7.92. The number of ether oxygens (including phenoxy) is 1. The second kappa shape index (κ2) is 8.44. The van der Waals surface area contributed by atoms with E-state index >= 15 is 0 Å². The van der Waals surface area contributed by atoms with Crippen molar-refractivity contribution in [1.29, 1.82) is 0 Å². The molecule has 0 saturated carbocycles. The van der Waals surface area contributed by atoms with Crippen LogP contribution in [0.5, 0.6) is 0 Å². The predicted octanol–water partition coefficient (Wildman–Crippen LogP) is 2.56. The average molecular weight is 414 g/mol. The summed E-state index contributed by atoms with van der Waals surface area (Å²) in [5, 5.41) is 8.01. The molecule has 1 aromatic heterocycles. The van der Waals surface area contributed by atoms with Gasteiger partial charge in [0.05, 0.1) is 16.1 Å². The van der Waals surface area contributed by atoms with E-state index in [9.17, 15) is 13.2 Å². The van der Waals surface area contributed by atoms with Crippen molar-refractivity contribution in [3.05, 3.63) is 71.8 Å². The van der Waals surface area contributed by atoms with Gasteiger partial charge in [-0.05, 0) is 36.4 Å². The zero-order valence-electron chi connectivity index (χ0n) is 16.4. The molecule has 3 aromatic rings. The lowest BCUT2D eigenvalue weighted by Gasteiger charge is -2.19. The molecular formula is C20H22N4O4S. The highest BCUT2D eigenvalue weighted by Crippen LogP contribution is 2.22. The van der Waals surface area contributed by atoms with Gasteiger partial charge in [0.25, 0.3) is 10.0 Å². The molecule has 1 heterocycles. The first-order chi connectivity index (χ1) is 13.8. The maximum absolute atomic E-state index is 12.8. The van der Waals surface area contributed by atoms with Gasteiger partial charge in [-0.15, -0.1) is 10.2 Å². The number of rotatable bonds is 7. The van der Waals surface area contributed by atoms with Crippen LogP contribution >= 0.6 is 0 Å². The third kappa shape index (κ3) is 4.29. The SMILES string of the molecule is CCc1nnc(COC(=O)c2ccc(S(=O)(=O)N(C)c3ccccc3)cc2)n1C. The van der Waals surface area contributed by atoms with Gasteiger partial charge in [0.1, 0.15) is 5.82 Å². The molecule has 0 bridgehead atoms. The van der Waals surface area contributed by atoms with E-state index in [4.69, 9.17) is 4.74 Å². The molecule has 29 heavy (non-hydrogen) atoms. The minimum Gasteiger partial charge on any atom is -0.454 e. The molecule has 0 N–H and O–H groups in total. The van der Waals surface area contributed by atoms with Crippen LogP contribution in [-0.2, 0) is 34.8 Å². The largest absolute Gasteiger partial charge is 0.454 e. The molecular weight excluding hydrogens is 392 g/mol. The Kier molecular flexibility index (Phi) is 5.97. The minimum atomic E-state index is -3.74. The monoisotopic (exact) mass is 414 g/mol. The topological polar surface area (TPSA) is 94.4 Å². The molecule has 0 atom stereocenters. The molecule has 0 aliphatic heterocycles. The van der Waals surface area contributed by atoms with Gasteiger partial charge in [-0.1, -0.05) is 25.1 Å². The van der Waals surface area contributed by atoms with E-state index in [0.717, 1.165) is 12.2 Å². The molecule has 0 aliphatic carbocycles. The van der Waals surface area contributed by atoms with Gasteiger partial charge in [-0.2, -0.15) is 0 Å². The van der Waals surface area contributed by atoms with Crippen LogP contribution in [0.2, 0.25) is 0 Å².